The molecular weight excluding hydrogens is 304 g/mol. The number of imidazole rings is 1. The lowest BCUT2D eigenvalue weighted by Crippen LogP contribution is -2.05. The van der Waals surface area contributed by atoms with Crippen molar-refractivity contribution in [3.63, 3.8) is 0 Å². The summed E-state index contributed by atoms with van der Waals surface area (Å²) in [4.78, 5) is 4.45. The Morgan fingerprint density at radius 3 is 2.58 bits per heavy atom. The van der Waals surface area contributed by atoms with Gasteiger partial charge in [-0.3, -0.25) is 0 Å². The summed E-state index contributed by atoms with van der Waals surface area (Å²) in [5.41, 5.74) is 10.5. The van der Waals surface area contributed by atoms with E-state index in [1.54, 1.807) is 0 Å². The highest BCUT2D eigenvalue weighted by molar-refractivity contribution is 9.10. The molecule has 2 heterocycles. The number of hydrogen-bond acceptors (Lipinski definition) is 3. The van der Waals surface area contributed by atoms with E-state index in [0.717, 1.165) is 32.8 Å². The molecule has 0 radical (unpaired) electrons. The largest absolute Gasteiger partial charge is 0.325 e. The molecule has 2 aromatic heterocycles. The zero-order chi connectivity index (χ0) is 13.4. The standard InChI is InChI=1S/C14H13BrN4/c1-9-13(8-16)19-14(17-9)7-6-12(18-19)10-2-4-11(15)5-3-10/h2-7H,8,16H2,1H3. The summed E-state index contributed by atoms with van der Waals surface area (Å²) in [7, 11) is 0. The predicted octanol–water partition coefficient (Wildman–Crippen LogP) is 2.93. The van der Waals surface area contributed by atoms with Crippen LogP contribution in [0.15, 0.2) is 40.9 Å². The molecule has 0 aliphatic heterocycles. The highest BCUT2D eigenvalue weighted by Gasteiger charge is 2.09. The zero-order valence-electron chi connectivity index (χ0n) is 10.5. The van der Waals surface area contributed by atoms with Crippen molar-refractivity contribution >= 4 is 21.6 Å². The summed E-state index contributed by atoms with van der Waals surface area (Å²) in [6.45, 7) is 2.39. The average Bonchev–Trinajstić information content (AvgIpc) is 2.74. The molecule has 0 aliphatic rings. The fourth-order valence-corrected chi connectivity index (χ4v) is 2.36. The molecule has 3 rings (SSSR count). The quantitative estimate of drug-likeness (QED) is 0.790. The number of hydrogen-bond donors (Lipinski definition) is 1. The van der Waals surface area contributed by atoms with Gasteiger partial charge >= 0.3 is 0 Å². The van der Waals surface area contributed by atoms with E-state index in [1.165, 1.54) is 0 Å². The smallest absolute Gasteiger partial charge is 0.154 e. The first-order valence-electron chi connectivity index (χ1n) is 6.00. The van der Waals surface area contributed by atoms with Gasteiger partial charge in [0.1, 0.15) is 0 Å². The molecule has 0 fully saturated rings. The number of nitrogens with zero attached hydrogens (tertiary/aromatic N) is 3. The van der Waals surface area contributed by atoms with Crippen LogP contribution in [0, 0.1) is 6.92 Å². The van der Waals surface area contributed by atoms with Crippen LogP contribution in [0.3, 0.4) is 0 Å². The highest BCUT2D eigenvalue weighted by atomic mass is 79.9. The van der Waals surface area contributed by atoms with Crippen molar-refractivity contribution in [2.24, 2.45) is 5.73 Å². The van der Waals surface area contributed by atoms with E-state index >= 15 is 0 Å². The molecule has 0 aliphatic carbocycles. The molecular formula is C14H13BrN4. The van der Waals surface area contributed by atoms with Crippen molar-refractivity contribution in [3.05, 3.63) is 52.3 Å². The first-order valence-corrected chi connectivity index (χ1v) is 6.79. The number of rotatable bonds is 2. The van der Waals surface area contributed by atoms with Crippen molar-refractivity contribution in [1.82, 2.24) is 14.6 Å². The lowest BCUT2D eigenvalue weighted by atomic mass is 10.1. The Morgan fingerprint density at radius 1 is 1.16 bits per heavy atom. The Kier molecular flexibility index (Phi) is 3.08. The van der Waals surface area contributed by atoms with Crippen molar-refractivity contribution in [3.8, 4) is 11.3 Å². The lowest BCUT2D eigenvalue weighted by molar-refractivity contribution is 0.843. The first kappa shape index (κ1) is 12.3. The number of aryl methyl sites for hydroxylation is 1. The molecule has 4 nitrogen and oxygen atoms in total. The Labute approximate surface area is 119 Å². The van der Waals surface area contributed by atoms with Crippen LogP contribution in [-0.2, 0) is 6.54 Å². The SMILES string of the molecule is Cc1nc2ccc(-c3ccc(Br)cc3)nn2c1CN. The van der Waals surface area contributed by atoms with Crippen LogP contribution < -0.4 is 5.73 Å². The Balaban J connectivity index is 2.17. The van der Waals surface area contributed by atoms with Gasteiger partial charge in [0.25, 0.3) is 0 Å². The maximum atomic E-state index is 5.76. The molecule has 19 heavy (non-hydrogen) atoms. The third-order valence-electron chi connectivity index (χ3n) is 3.10. The van der Waals surface area contributed by atoms with E-state index in [9.17, 15) is 0 Å². The Morgan fingerprint density at radius 2 is 1.89 bits per heavy atom. The maximum Gasteiger partial charge on any atom is 0.154 e. The molecule has 0 amide bonds. The maximum absolute atomic E-state index is 5.76. The lowest BCUT2D eigenvalue weighted by Gasteiger charge is -2.03. The minimum Gasteiger partial charge on any atom is -0.325 e. The minimum atomic E-state index is 0.434. The van der Waals surface area contributed by atoms with Crippen LogP contribution in [0.5, 0.6) is 0 Å². The second-order valence-corrected chi connectivity index (χ2v) is 5.26. The van der Waals surface area contributed by atoms with Gasteiger partial charge < -0.3 is 5.73 Å². The van der Waals surface area contributed by atoms with Crippen molar-refractivity contribution < 1.29 is 0 Å². The summed E-state index contributed by atoms with van der Waals surface area (Å²) < 4.78 is 2.88. The fourth-order valence-electron chi connectivity index (χ4n) is 2.10. The third kappa shape index (κ3) is 2.15. The summed E-state index contributed by atoms with van der Waals surface area (Å²) >= 11 is 3.43. The Bertz CT molecular complexity index is 731. The minimum absolute atomic E-state index is 0.434. The van der Waals surface area contributed by atoms with Crippen molar-refractivity contribution in [2.75, 3.05) is 0 Å². The molecule has 0 saturated heterocycles. The Hall–Kier alpha value is -1.72. The van der Waals surface area contributed by atoms with E-state index in [0.29, 0.717) is 6.54 Å². The van der Waals surface area contributed by atoms with E-state index in [4.69, 9.17) is 5.73 Å². The normalized spacial score (nSPS) is 11.1. The number of halogens is 1. The van der Waals surface area contributed by atoms with E-state index < -0.39 is 0 Å². The van der Waals surface area contributed by atoms with Crippen LogP contribution in [0.1, 0.15) is 11.4 Å². The van der Waals surface area contributed by atoms with Crippen LogP contribution in [0.2, 0.25) is 0 Å². The molecule has 0 unspecified atom stereocenters. The van der Waals surface area contributed by atoms with E-state index in [-0.39, 0.29) is 0 Å². The van der Waals surface area contributed by atoms with Gasteiger partial charge in [-0.15, -0.1) is 0 Å². The molecule has 1 aromatic carbocycles. The molecule has 0 atom stereocenters. The number of benzene rings is 1. The summed E-state index contributed by atoms with van der Waals surface area (Å²) in [6, 6.07) is 12.0. The number of fused-ring (bicyclic) bond motifs is 1. The number of aromatic nitrogens is 3. The predicted molar refractivity (Wildman–Crippen MR) is 78.8 cm³/mol. The third-order valence-corrected chi connectivity index (χ3v) is 3.63. The van der Waals surface area contributed by atoms with Crippen LogP contribution in [0.4, 0.5) is 0 Å². The summed E-state index contributed by atoms with van der Waals surface area (Å²) in [6.07, 6.45) is 0. The van der Waals surface area contributed by atoms with Gasteiger partial charge in [-0.05, 0) is 31.2 Å². The van der Waals surface area contributed by atoms with Gasteiger partial charge in [-0.2, -0.15) is 5.10 Å². The molecule has 5 heteroatoms. The van der Waals surface area contributed by atoms with Crippen LogP contribution in [0.25, 0.3) is 16.9 Å². The van der Waals surface area contributed by atoms with E-state index in [1.807, 2.05) is 47.8 Å². The number of nitrogens with two attached hydrogens (primary N) is 1. The van der Waals surface area contributed by atoms with Gasteiger partial charge in [-0.1, -0.05) is 28.1 Å². The zero-order valence-corrected chi connectivity index (χ0v) is 12.1. The molecule has 0 spiro atoms. The van der Waals surface area contributed by atoms with E-state index in [2.05, 4.69) is 26.0 Å². The van der Waals surface area contributed by atoms with Crippen molar-refractivity contribution in [2.45, 2.75) is 13.5 Å². The summed E-state index contributed by atoms with van der Waals surface area (Å²) in [5.74, 6) is 0. The monoisotopic (exact) mass is 316 g/mol. The fraction of sp³-hybridized carbons (Fsp3) is 0.143. The molecule has 0 saturated carbocycles. The molecule has 0 bridgehead atoms. The molecule has 96 valence electrons. The second kappa shape index (κ2) is 4.75. The van der Waals surface area contributed by atoms with Crippen molar-refractivity contribution in [1.29, 1.82) is 0 Å². The topological polar surface area (TPSA) is 56.2 Å². The highest BCUT2D eigenvalue weighted by Crippen LogP contribution is 2.21. The molecule has 2 N–H and O–H groups in total. The molecule has 3 aromatic rings. The van der Waals surface area contributed by atoms with Crippen LogP contribution in [-0.4, -0.2) is 14.6 Å². The van der Waals surface area contributed by atoms with Gasteiger partial charge in [0.05, 0.1) is 17.1 Å². The second-order valence-electron chi connectivity index (χ2n) is 4.34. The summed E-state index contributed by atoms with van der Waals surface area (Å²) in [5, 5.41) is 4.63. The van der Waals surface area contributed by atoms with Gasteiger partial charge in [-0.25, -0.2) is 9.50 Å². The van der Waals surface area contributed by atoms with Gasteiger partial charge in [0, 0.05) is 16.6 Å². The van der Waals surface area contributed by atoms with Gasteiger partial charge in [0.2, 0.25) is 0 Å². The van der Waals surface area contributed by atoms with Crippen LogP contribution >= 0.6 is 15.9 Å². The average molecular weight is 317 g/mol. The van der Waals surface area contributed by atoms with Gasteiger partial charge in [0.15, 0.2) is 5.65 Å². The first-order chi connectivity index (χ1) is 9.19.